The molecule has 6 heteroatoms. The quantitative estimate of drug-likeness (QED) is 0.840. The highest BCUT2D eigenvalue weighted by Gasteiger charge is 2.32. The standard InChI is InChI=1S/C19H23FN2O2S/c1-15-5-3-4-6-17(15)14-25(23,24)22-12-11-21(2)19(13-22)16-7-9-18(20)10-8-16/h3-10,19H,11-14H2,1-2H3. The lowest BCUT2D eigenvalue weighted by atomic mass is 10.0. The van der Waals surface area contributed by atoms with Gasteiger partial charge in [0.2, 0.25) is 10.0 Å². The van der Waals surface area contributed by atoms with Crippen LogP contribution in [-0.4, -0.2) is 44.3 Å². The van der Waals surface area contributed by atoms with Crippen LogP contribution in [-0.2, 0) is 15.8 Å². The molecule has 2 aromatic carbocycles. The van der Waals surface area contributed by atoms with Crippen molar-refractivity contribution < 1.29 is 12.8 Å². The van der Waals surface area contributed by atoms with E-state index in [2.05, 4.69) is 4.90 Å². The molecule has 0 aromatic heterocycles. The van der Waals surface area contributed by atoms with Crippen LogP contribution in [0.5, 0.6) is 0 Å². The van der Waals surface area contributed by atoms with Crippen molar-refractivity contribution in [3.8, 4) is 0 Å². The van der Waals surface area contributed by atoms with Gasteiger partial charge >= 0.3 is 0 Å². The zero-order chi connectivity index (χ0) is 18.0. The minimum Gasteiger partial charge on any atom is -0.297 e. The second-order valence-electron chi connectivity index (χ2n) is 6.59. The van der Waals surface area contributed by atoms with Gasteiger partial charge in [0.25, 0.3) is 0 Å². The molecule has 134 valence electrons. The maximum Gasteiger partial charge on any atom is 0.218 e. The van der Waals surface area contributed by atoms with Crippen molar-refractivity contribution >= 4 is 10.0 Å². The zero-order valence-corrected chi connectivity index (χ0v) is 15.3. The molecule has 1 aliphatic rings. The summed E-state index contributed by atoms with van der Waals surface area (Å²) in [5.41, 5.74) is 2.75. The van der Waals surface area contributed by atoms with Crippen LogP contribution in [0.2, 0.25) is 0 Å². The van der Waals surface area contributed by atoms with Crippen LogP contribution in [0.25, 0.3) is 0 Å². The Kier molecular flexibility index (Phi) is 5.22. The molecular formula is C19H23FN2O2S. The molecule has 0 N–H and O–H groups in total. The molecule has 1 atom stereocenters. The first-order chi connectivity index (χ1) is 11.9. The minimum absolute atomic E-state index is 0.0134. The Hall–Kier alpha value is -1.76. The third kappa shape index (κ3) is 4.08. The van der Waals surface area contributed by atoms with Gasteiger partial charge in [-0.05, 0) is 42.8 Å². The molecule has 3 rings (SSSR count). The second-order valence-corrected chi connectivity index (χ2v) is 8.56. The van der Waals surface area contributed by atoms with E-state index in [1.165, 1.54) is 12.1 Å². The molecular weight excluding hydrogens is 339 g/mol. The first-order valence-electron chi connectivity index (χ1n) is 8.35. The van der Waals surface area contributed by atoms with Crippen molar-refractivity contribution in [1.29, 1.82) is 0 Å². The van der Waals surface area contributed by atoms with Crippen molar-refractivity contribution in [3.63, 3.8) is 0 Å². The van der Waals surface area contributed by atoms with E-state index in [9.17, 15) is 12.8 Å². The van der Waals surface area contributed by atoms with Crippen LogP contribution in [0.4, 0.5) is 4.39 Å². The fourth-order valence-corrected chi connectivity index (χ4v) is 4.83. The van der Waals surface area contributed by atoms with Crippen molar-refractivity contribution in [2.45, 2.75) is 18.7 Å². The van der Waals surface area contributed by atoms with Gasteiger partial charge in [0.1, 0.15) is 5.82 Å². The zero-order valence-electron chi connectivity index (χ0n) is 14.5. The molecule has 0 radical (unpaired) electrons. The monoisotopic (exact) mass is 362 g/mol. The number of rotatable bonds is 4. The molecule has 0 amide bonds. The summed E-state index contributed by atoms with van der Waals surface area (Å²) < 4.78 is 40.5. The maximum atomic E-state index is 13.2. The van der Waals surface area contributed by atoms with E-state index in [1.54, 1.807) is 16.4 Å². The number of hydrogen-bond acceptors (Lipinski definition) is 3. The molecule has 4 nitrogen and oxygen atoms in total. The summed E-state index contributed by atoms with van der Waals surface area (Å²) in [6.45, 7) is 3.43. The van der Waals surface area contributed by atoms with Crippen LogP contribution in [0, 0.1) is 12.7 Å². The summed E-state index contributed by atoms with van der Waals surface area (Å²) >= 11 is 0. The Morgan fingerprint density at radius 3 is 2.44 bits per heavy atom. The van der Waals surface area contributed by atoms with Crippen LogP contribution in [0.3, 0.4) is 0 Å². The van der Waals surface area contributed by atoms with Gasteiger partial charge in [0, 0.05) is 25.7 Å². The summed E-state index contributed by atoms with van der Waals surface area (Å²) in [5.74, 6) is -0.272. The molecule has 2 aromatic rings. The van der Waals surface area contributed by atoms with Gasteiger partial charge < -0.3 is 0 Å². The number of aryl methyl sites for hydroxylation is 1. The number of piperazine rings is 1. The Morgan fingerprint density at radius 1 is 1.08 bits per heavy atom. The van der Waals surface area contributed by atoms with E-state index in [0.717, 1.165) is 16.7 Å². The van der Waals surface area contributed by atoms with Crippen molar-refractivity contribution in [3.05, 3.63) is 71.0 Å². The van der Waals surface area contributed by atoms with Gasteiger partial charge in [0.15, 0.2) is 0 Å². The lowest BCUT2D eigenvalue weighted by Gasteiger charge is -2.39. The Morgan fingerprint density at radius 2 is 1.76 bits per heavy atom. The first kappa shape index (κ1) is 18.0. The Bertz CT molecular complexity index is 837. The second kappa shape index (κ2) is 7.23. The highest BCUT2D eigenvalue weighted by molar-refractivity contribution is 7.88. The van der Waals surface area contributed by atoms with E-state index in [1.807, 2.05) is 38.2 Å². The van der Waals surface area contributed by atoms with Crippen LogP contribution >= 0.6 is 0 Å². The first-order valence-corrected chi connectivity index (χ1v) is 9.96. The fourth-order valence-electron chi connectivity index (χ4n) is 3.21. The predicted molar refractivity (Wildman–Crippen MR) is 97.1 cm³/mol. The van der Waals surface area contributed by atoms with Gasteiger partial charge in [-0.2, -0.15) is 4.31 Å². The smallest absolute Gasteiger partial charge is 0.218 e. The number of nitrogens with zero attached hydrogens (tertiary/aromatic N) is 2. The van der Waals surface area contributed by atoms with Gasteiger partial charge in [-0.3, -0.25) is 4.90 Å². The average Bonchev–Trinajstić information content (AvgIpc) is 2.58. The molecule has 1 aliphatic heterocycles. The van der Waals surface area contributed by atoms with Crippen LogP contribution in [0.1, 0.15) is 22.7 Å². The molecule has 0 aliphatic carbocycles. The van der Waals surface area contributed by atoms with Gasteiger partial charge in [-0.15, -0.1) is 0 Å². The van der Waals surface area contributed by atoms with Crippen LogP contribution < -0.4 is 0 Å². The van der Waals surface area contributed by atoms with Crippen molar-refractivity contribution in [1.82, 2.24) is 9.21 Å². The SMILES string of the molecule is Cc1ccccc1CS(=O)(=O)N1CCN(C)C(c2ccc(F)cc2)C1. The normalized spacial score (nSPS) is 19.9. The summed E-state index contributed by atoms with van der Waals surface area (Å²) in [6.07, 6.45) is 0. The fraction of sp³-hybridized carbons (Fsp3) is 0.368. The molecule has 0 saturated carbocycles. The van der Waals surface area contributed by atoms with Gasteiger partial charge in [-0.1, -0.05) is 36.4 Å². The summed E-state index contributed by atoms with van der Waals surface area (Å²) in [4.78, 5) is 2.12. The van der Waals surface area contributed by atoms with Crippen molar-refractivity contribution in [2.75, 3.05) is 26.7 Å². The third-order valence-electron chi connectivity index (χ3n) is 4.86. The summed E-state index contributed by atoms with van der Waals surface area (Å²) in [7, 11) is -1.43. The van der Waals surface area contributed by atoms with E-state index in [4.69, 9.17) is 0 Å². The summed E-state index contributed by atoms with van der Waals surface area (Å²) in [5, 5.41) is 0. The highest BCUT2D eigenvalue weighted by Crippen LogP contribution is 2.27. The Balaban J connectivity index is 1.80. The topological polar surface area (TPSA) is 40.6 Å². The largest absolute Gasteiger partial charge is 0.297 e. The number of hydrogen-bond donors (Lipinski definition) is 0. The molecule has 0 spiro atoms. The van der Waals surface area contributed by atoms with Gasteiger partial charge in [0.05, 0.1) is 5.75 Å². The van der Waals surface area contributed by atoms with E-state index >= 15 is 0 Å². The lowest BCUT2D eigenvalue weighted by molar-refractivity contribution is 0.148. The molecule has 1 fully saturated rings. The molecule has 1 unspecified atom stereocenters. The van der Waals surface area contributed by atoms with Gasteiger partial charge in [-0.25, -0.2) is 12.8 Å². The molecule has 1 heterocycles. The average molecular weight is 362 g/mol. The van der Waals surface area contributed by atoms with Crippen LogP contribution in [0.15, 0.2) is 48.5 Å². The highest BCUT2D eigenvalue weighted by atomic mass is 32.2. The van der Waals surface area contributed by atoms with Crippen molar-refractivity contribution in [2.24, 2.45) is 0 Å². The third-order valence-corrected chi connectivity index (χ3v) is 6.65. The van der Waals surface area contributed by atoms with E-state index in [0.29, 0.717) is 19.6 Å². The maximum absolute atomic E-state index is 13.2. The van der Waals surface area contributed by atoms with E-state index < -0.39 is 10.0 Å². The predicted octanol–water partition coefficient (Wildman–Crippen LogP) is 2.95. The summed E-state index contributed by atoms with van der Waals surface area (Å²) in [6, 6.07) is 13.8. The molecule has 1 saturated heterocycles. The molecule has 0 bridgehead atoms. The lowest BCUT2D eigenvalue weighted by Crippen LogP contribution is -2.49. The Labute approximate surface area is 148 Å². The molecule has 25 heavy (non-hydrogen) atoms. The number of sulfonamides is 1. The van der Waals surface area contributed by atoms with E-state index in [-0.39, 0.29) is 17.6 Å². The number of likely N-dealkylation sites (N-methyl/N-ethyl adjacent to an activating group) is 1. The number of benzene rings is 2. The minimum atomic E-state index is -3.40. The number of halogens is 1.